The maximum absolute atomic E-state index is 12.6. The molecule has 4 nitrogen and oxygen atoms in total. The molecule has 0 aliphatic carbocycles. The van der Waals surface area contributed by atoms with Gasteiger partial charge in [-0.15, -0.1) is 0 Å². The van der Waals surface area contributed by atoms with Gasteiger partial charge in [-0.25, -0.2) is 0 Å². The normalized spacial score (nSPS) is 20.4. The smallest absolute Gasteiger partial charge is 0.224 e. The molecule has 1 amide bonds. The first-order valence-corrected chi connectivity index (χ1v) is 9.85. The maximum Gasteiger partial charge on any atom is 0.224 e. The summed E-state index contributed by atoms with van der Waals surface area (Å²) >= 11 is 6.17. The van der Waals surface area contributed by atoms with Gasteiger partial charge in [-0.1, -0.05) is 54.1 Å². The number of carbonyl (C=O) groups is 1. The number of nitrogens with one attached hydrogen (secondary N) is 1. The van der Waals surface area contributed by atoms with Crippen molar-refractivity contribution in [1.82, 2.24) is 10.2 Å². The molecule has 0 aromatic heterocycles. The first kappa shape index (κ1) is 19.9. The summed E-state index contributed by atoms with van der Waals surface area (Å²) in [6, 6.07) is 18.8. The van der Waals surface area contributed by atoms with Crippen LogP contribution in [0.15, 0.2) is 54.6 Å². The van der Waals surface area contributed by atoms with E-state index in [1.54, 1.807) is 7.11 Å². The van der Waals surface area contributed by atoms with Crippen LogP contribution in [0.1, 0.15) is 30.0 Å². The van der Waals surface area contributed by atoms with Gasteiger partial charge in [0.25, 0.3) is 0 Å². The van der Waals surface area contributed by atoms with Crippen LogP contribution in [0, 0.1) is 5.92 Å². The summed E-state index contributed by atoms with van der Waals surface area (Å²) < 4.78 is 5.03. The standard InChI is InChI=1S/C22H27ClN2O2/c1-27-13-12-24-22(26)19-10-11-21(18-7-3-2-4-8-18)25(16-19)15-17-6-5-9-20(23)14-17/h2-9,14,19,21H,10-13,15-16H2,1H3,(H,24,26)/t19-,21-/m1/s1. The fourth-order valence-electron chi connectivity index (χ4n) is 3.78. The van der Waals surface area contributed by atoms with Crippen LogP contribution in [-0.4, -0.2) is 37.6 Å². The molecule has 1 aliphatic rings. The van der Waals surface area contributed by atoms with Crippen LogP contribution in [0.25, 0.3) is 0 Å². The second-order valence-corrected chi connectivity index (χ2v) is 7.48. The van der Waals surface area contributed by atoms with Gasteiger partial charge in [-0.3, -0.25) is 9.69 Å². The first-order chi connectivity index (χ1) is 13.2. The summed E-state index contributed by atoms with van der Waals surface area (Å²) in [5.74, 6) is 0.121. The zero-order valence-electron chi connectivity index (χ0n) is 15.7. The zero-order chi connectivity index (χ0) is 19.1. The van der Waals surface area contributed by atoms with E-state index < -0.39 is 0 Å². The lowest BCUT2D eigenvalue weighted by molar-refractivity contribution is -0.127. The van der Waals surface area contributed by atoms with Crippen molar-refractivity contribution < 1.29 is 9.53 Å². The van der Waals surface area contributed by atoms with Gasteiger partial charge in [0.05, 0.1) is 12.5 Å². The van der Waals surface area contributed by atoms with Crippen LogP contribution in [0.2, 0.25) is 5.02 Å². The molecule has 1 N–H and O–H groups in total. The minimum atomic E-state index is 0.000928. The Morgan fingerprint density at radius 1 is 1.19 bits per heavy atom. The molecule has 1 fully saturated rings. The Labute approximate surface area is 166 Å². The van der Waals surface area contributed by atoms with Crippen molar-refractivity contribution in [2.24, 2.45) is 5.92 Å². The highest BCUT2D eigenvalue weighted by Crippen LogP contribution is 2.34. The van der Waals surface area contributed by atoms with E-state index in [0.717, 1.165) is 31.0 Å². The third-order valence-electron chi connectivity index (χ3n) is 5.12. The van der Waals surface area contributed by atoms with Crippen molar-refractivity contribution in [2.75, 3.05) is 26.8 Å². The van der Waals surface area contributed by atoms with Gasteiger partial charge in [0.1, 0.15) is 0 Å². The third-order valence-corrected chi connectivity index (χ3v) is 5.35. The molecule has 2 atom stereocenters. The zero-order valence-corrected chi connectivity index (χ0v) is 16.5. The minimum absolute atomic E-state index is 0.000928. The van der Waals surface area contributed by atoms with Crippen molar-refractivity contribution in [3.63, 3.8) is 0 Å². The molecule has 1 heterocycles. The Hall–Kier alpha value is -1.88. The molecule has 2 aromatic rings. The number of amides is 1. The highest BCUT2D eigenvalue weighted by molar-refractivity contribution is 6.30. The minimum Gasteiger partial charge on any atom is -0.383 e. The average Bonchev–Trinajstić information content (AvgIpc) is 2.69. The largest absolute Gasteiger partial charge is 0.383 e. The number of likely N-dealkylation sites (tertiary alicyclic amines) is 1. The van der Waals surface area contributed by atoms with Crippen molar-refractivity contribution in [3.05, 3.63) is 70.7 Å². The number of methoxy groups -OCH3 is 1. The molecule has 27 heavy (non-hydrogen) atoms. The SMILES string of the molecule is COCCNC(=O)[C@@H]1CC[C@H](c2ccccc2)N(Cc2cccc(Cl)c2)C1. The number of halogens is 1. The Bertz CT molecular complexity index is 738. The molecule has 0 bridgehead atoms. The number of rotatable bonds is 7. The number of piperidine rings is 1. The number of hydrogen-bond acceptors (Lipinski definition) is 3. The maximum atomic E-state index is 12.6. The van der Waals surface area contributed by atoms with Crippen LogP contribution in [-0.2, 0) is 16.1 Å². The lowest BCUT2D eigenvalue weighted by Gasteiger charge is -2.39. The van der Waals surface area contributed by atoms with Crippen molar-refractivity contribution in [1.29, 1.82) is 0 Å². The molecule has 0 saturated carbocycles. The van der Waals surface area contributed by atoms with Crippen molar-refractivity contribution in [2.45, 2.75) is 25.4 Å². The molecular weight excluding hydrogens is 360 g/mol. The number of nitrogens with zero attached hydrogens (tertiary/aromatic N) is 1. The summed E-state index contributed by atoms with van der Waals surface area (Å²) in [4.78, 5) is 15.0. The predicted octanol–water partition coefficient (Wildman–Crippen LogP) is 4.06. The Kier molecular flexibility index (Phi) is 7.27. The molecular formula is C22H27ClN2O2. The highest BCUT2D eigenvalue weighted by atomic mass is 35.5. The molecule has 1 aliphatic heterocycles. The monoisotopic (exact) mass is 386 g/mol. The summed E-state index contributed by atoms with van der Waals surface area (Å²) in [6.07, 6.45) is 1.86. The van der Waals surface area contributed by atoms with Crippen LogP contribution in [0.5, 0.6) is 0 Å². The number of carbonyl (C=O) groups excluding carboxylic acids is 1. The predicted molar refractivity (Wildman–Crippen MR) is 109 cm³/mol. The fourth-order valence-corrected chi connectivity index (χ4v) is 3.99. The van der Waals surface area contributed by atoms with Gasteiger partial charge in [0, 0.05) is 37.8 Å². The van der Waals surface area contributed by atoms with E-state index in [-0.39, 0.29) is 11.8 Å². The van der Waals surface area contributed by atoms with Gasteiger partial charge in [0.15, 0.2) is 0 Å². The van der Waals surface area contributed by atoms with Gasteiger partial charge < -0.3 is 10.1 Å². The Morgan fingerprint density at radius 3 is 2.74 bits per heavy atom. The number of benzene rings is 2. The van der Waals surface area contributed by atoms with E-state index in [9.17, 15) is 4.79 Å². The van der Waals surface area contributed by atoms with Crippen molar-refractivity contribution >= 4 is 17.5 Å². The molecule has 144 valence electrons. The summed E-state index contributed by atoms with van der Waals surface area (Å²) in [6.45, 7) is 2.62. The van der Waals surface area contributed by atoms with Crippen LogP contribution < -0.4 is 5.32 Å². The first-order valence-electron chi connectivity index (χ1n) is 9.47. The molecule has 2 aromatic carbocycles. The lowest BCUT2D eigenvalue weighted by atomic mass is 9.88. The fraction of sp³-hybridized carbons (Fsp3) is 0.409. The Morgan fingerprint density at radius 2 is 2.00 bits per heavy atom. The third kappa shape index (κ3) is 5.55. The Balaban J connectivity index is 1.74. The summed E-state index contributed by atoms with van der Waals surface area (Å²) in [5.41, 5.74) is 2.47. The topological polar surface area (TPSA) is 41.6 Å². The van der Waals surface area contributed by atoms with Gasteiger partial charge in [-0.2, -0.15) is 0 Å². The van der Waals surface area contributed by atoms with E-state index >= 15 is 0 Å². The summed E-state index contributed by atoms with van der Waals surface area (Å²) in [7, 11) is 1.64. The van der Waals surface area contributed by atoms with Crippen LogP contribution in [0.4, 0.5) is 0 Å². The van der Waals surface area contributed by atoms with E-state index in [1.165, 1.54) is 11.1 Å². The van der Waals surface area contributed by atoms with E-state index in [2.05, 4.69) is 40.5 Å². The molecule has 0 spiro atoms. The molecule has 5 heteroatoms. The molecule has 0 radical (unpaired) electrons. The number of ether oxygens (including phenoxy) is 1. The quantitative estimate of drug-likeness (QED) is 0.730. The lowest BCUT2D eigenvalue weighted by Crippen LogP contribution is -2.44. The molecule has 1 saturated heterocycles. The molecule has 0 unspecified atom stereocenters. The van der Waals surface area contributed by atoms with Crippen LogP contribution >= 0.6 is 11.6 Å². The van der Waals surface area contributed by atoms with Crippen LogP contribution in [0.3, 0.4) is 0 Å². The second-order valence-electron chi connectivity index (χ2n) is 7.04. The average molecular weight is 387 g/mol. The highest BCUT2D eigenvalue weighted by Gasteiger charge is 2.32. The van der Waals surface area contributed by atoms with Gasteiger partial charge >= 0.3 is 0 Å². The van der Waals surface area contributed by atoms with Gasteiger partial charge in [0.2, 0.25) is 5.91 Å². The van der Waals surface area contributed by atoms with E-state index in [1.807, 2.05) is 24.3 Å². The van der Waals surface area contributed by atoms with Crippen molar-refractivity contribution in [3.8, 4) is 0 Å². The van der Waals surface area contributed by atoms with E-state index in [4.69, 9.17) is 16.3 Å². The second kappa shape index (κ2) is 9.88. The van der Waals surface area contributed by atoms with Gasteiger partial charge in [-0.05, 0) is 36.1 Å². The van der Waals surface area contributed by atoms with E-state index in [0.29, 0.717) is 19.2 Å². The molecule has 3 rings (SSSR count). The summed E-state index contributed by atoms with van der Waals surface area (Å²) in [5, 5.41) is 3.73. The number of hydrogen-bond donors (Lipinski definition) is 1.